The summed E-state index contributed by atoms with van der Waals surface area (Å²) in [6.07, 6.45) is 0. The molecular formula is C21H21NO2S. The summed E-state index contributed by atoms with van der Waals surface area (Å²) in [6.45, 7) is 0.578. The second-order valence-electron chi connectivity index (χ2n) is 5.90. The van der Waals surface area contributed by atoms with Crippen LogP contribution in [0.2, 0.25) is 0 Å². The van der Waals surface area contributed by atoms with Gasteiger partial charge in [0, 0.05) is 18.5 Å². The van der Waals surface area contributed by atoms with Gasteiger partial charge in [0.1, 0.15) is 5.75 Å². The van der Waals surface area contributed by atoms with Gasteiger partial charge < -0.3 is 9.64 Å². The summed E-state index contributed by atoms with van der Waals surface area (Å²) in [6, 6.07) is 22.4. The number of benzene rings is 3. The molecule has 3 aromatic rings. The molecule has 4 heteroatoms. The molecule has 0 aromatic heterocycles. The van der Waals surface area contributed by atoms with Gasteiger partial charge in [-0.1, -0.05) is 42.5 Å². The van der Waals surface area contributed by atoms with Crippen LogP contribution in [-0.2, 0) is 11.3 Å². The maximum Gasteiger partial charge on any atom is 0.232 e. The Balaban J connectivity index is 1.58. The molecule has 0 spiro atoms. The number of carbonyl (C=O) groups is 1. The van der Waals surface area contributed by atoms with Gasteiger partial charge >= 0.3 is 0 Å². The smallest absolute Gasteiger partial charge is 0.232 e. The van der Waals surface area contributed by atoms with Crippen molar-refractivity contribution in [2.75, 3.05) is 19.9 Å². The minimum absolute atomic E-state index is 0.112. The van der Waals surface area contributed by atoms with Crippen LogP contribution >= 0.6 is 11.8 Å². The minimum Gasteiger partial charge on any atom is -0.497 e. The molecule has 0 fully saturated rings. The first kappa shape index (κ1) is 17.4. The second kappa shape index (κ2) is 8.08. The zero-order valence-corrected chi connectivity index (χ0v) is 15.3. The number of hydrogen-bond donors (Lipinski definition) is 0. The molecule has 0 aliphatic heterocycles. The van der Waals surface area contributed by atoms with Gasteiger partial charge in [0.2, 0.25) is 5.91 Å². The Hall–Kier alpha value is -2.46. The van der Waals surface area contributed by atoms with E-state index >= 15 is 0 Å². The lowest BCUT2D eigenvalue weighted by atomic mass is 10.1. The maximum atomic E-state index is 12.4. The highest BCUT2D eigenvalue weighted by atomic mass is 32.2. The van der Waals surface area contributed by atoms with Crippen LogP contribution in [0.5, 0.6) is 5.75 Å². The molecule has 0 aliphatic rings. The largest absolute Gasteiger partial charge is 0.497 e. The lowest BCUT2D eigenvalue weighted by Gasteiger charge is -2.17. The summed E-state index contributed by atoms with van der Waals surface area (Å²) in [7, 11) is 3.48. The van der Waals surface area contributed by atoms with Gasteiger partial charge in [0.25, 0.3) is 0 Å². The number of hydrogen-bond acceptors (Lipinski definition) is 3. The van der Waals surface area contributed by atoms with E-state index in [0.717, 1.165) is 16.2 Å². The van der Waals surface area contributed by atoms with E-state index in [0.29, 0.717) is 12.3 Å². The highest BCUT2D eigenvalue weighted by Crippen LogP contribution is 2.24. The van der Waals surface area contributed by atoms with Gasteiger partial charge in [-0.25, -0.2) is 0 Å². The number of rotatable bonds is 6. The van der Waals surface area contributed by atoms with Crippen LogP contribution < -0.4 is 4.74 Å². The average Bonchev–Trinajstić information content (AvgIpc) is 2.66. The topological polar surface area (TPSA) is 29.5 Å². The van der Waals surface area contributed by atoms with Crippen molar-refractivity contribution in [1.29, 1.82) is 0 Å². The molecule has 0 radical (unpaired) electrons. The molecule has 0 aliphatic carbocycles. The van der Waals surface area contributed by atoms with Crippen LogP contribution in [0, 0.1) is 0 Å². The van der Waals surface area contributed by atoms with Crippen LogP contribution in [0.25, 0.3) is 10.8 Å². The zero-order valence-electron chi connectivity index (χ0n) is 14.4. The first-order valence-corrected chi connectivity index (χ1v) is 9.13. The predicted molar refractivity (Wildman–Crippen MR) is 104 cm³/mol. The normalized spacial score (nSPS) is 10.6. The Kier molecular flexibility index (Phi) is 5.61. The summed E-state index contributed by atoms with van der Waals surface area (Å²) >= 11 is 1.57. The van der Waals surface area contributed by atoms with Crippen LogP contribution in [0.1, 0.15) is 5.56 Å². The fourth-order valence-corrected chi connectivity index (χ4v) is 3.53. The predicted octanol–water partition coefficient (Wildman–Crippen LogP) is 4.60. The van der Waals surface area contributed by atoms with E-state index in [1.807, 2.05) is 43.4 Å². The summed E-state index contributed by atoms with van der Waals surface area (Å²) in [5.74, 6) is 1.35. The zero-order chi connectivity index (χ0) is 17.6. The van der Waals surface area contributed by atoms with E-state index < -0.39 is 0 Å². The van der Waals surface area contributed by atoms with Crippen molar-refractivity contribution in [2.24, 2.45) is 0 Å². The second-order valence-corrected chi connectivity index (χ2v) is 6.95. The SMILES string of the molecule is COc1cccc(CN(C)C(=O)CSc2ccc3ccccc3c2)c1. The molecule has 3 aromatic carbocycles. The molecule has 1 amide bonds. The Morgan fingerprint density at radius 2 is 1.80 bits per heavy atom. The van der Waals surface area contributed by atoms with E-state index in [4.69, 9.17) is 4.74 Å². The fourth-order valence-electron chi connectivity index (χ4n) is 2.65. The van der Waals surface area contributed by atoms with Gasteiger partial charge in [-0.15, -0.1) is 11.8 Å². The summed E-state index contributed by atoms with van der Waals surface area (Å²) in [4.78, 5) is 15.3. The Bertz CT molecular complexity index is 878. The minimum atomic E-state index is 0.112. The van der Waals surface area contributed by atoms with Crippen molar-refractivity contribution in [2.45, 2.75) is 11.4 Å². The van der Waals surface area contributed by atoms with Gasteiger partial charge in [0.15, 0.2) is 0 Å². The number of fused-ring (bicyclic) bond motifs is 1. The molecule has 0 saturated heterocycles. The van der Waals surface area contributed by atoms with E-state index in [-0.39, 0.29) is 5.91 Å². The molecule has 0 unspecified atom stereocenters. The lowest BCUT2D eigenvalue weighted by molar-refractivity contribution is -0.127. The number of amides is 1. The van der Waals surface area contributed by atoms with E-state index in [1.54, 1.807) is 23.8 Å². The van der Waals surface area contributed by atoms with Gasteiger partial charge in [-0.05, 0) is 40.6 Å². The average molecular weight is 351 g/mol. The highest BCUT2D eigenvalue weighted by Gasteiger charge is 2.10. The molecule has 0 N–H and O–H groups in total. The molecule has 128 valence electrons. The monoisotopic (exact) mass is 351 g/mol. The molecule has 3 rings (SSSR count). The summed E-state index contributed by atoms with van der Waals surface area (Å²) in [5.41, 5.74) is 1.06. The molecule has 3 nitrogen and oxygen atoms in total. The van der Waals surface area contributed by atoms with Gasteiger partial charge in [0.05, 0.1) is 12.9 Å². The first-order valence-electron chi connectivity index (χ1n) is 8.14. The van der Waals surface area contributed by atoms with E-state index in [9.17, 15) is 4.79 Å². The van der Waals surface area contributed by atoms with Crippen molar-refractivity contribution < 1.29 is 9.53 Å². The van der Waals surface area contributed by atoms with Crippen molar-refractivity contribution in [1.82, 2.24) is 4.90 Å². The summed E-state index contributed by atoms with van der Waals surface area (Å²) in [5, 5.41) is 2.41. The van der Waals surface area contributed by atoms with Crippen LogP contribution in [0.15, 0.2) is 71.6 Å². The standard InChI is InChI=1S/C21H21NO2S/c1-22(14-16-6-5-9-19(12-16)24-2)21(23)15-25-20-11-10-17-7-3-4-8-18(17)13-20/h3-13H,14-15H2,1-2H3. The molecule has 25 heavy (non-hydrogen) atoms. The van der Waals surface area contributed by atoms with Crippen molar-refractivity contribution >= 4 is 28.4 Å². The number of methoxy groups -OCH3 is 1. The highest BCUT2D eigenvalue weighted by molar-refractivity contribution is 8.00. The Morgan fingerprint density at radius 1 is 1.00 bits per heavy atom. The Morgan fingerprint density at radius 3 is 2.60 bits per heavy atom. The number of ether oxygens (including phenoxy) is 1. The third-order valence-electron chi connectivity index (χ3n) is 4.06. The van der Waals surface area contributed by atoms with E-state index in [2.05, 4.69) is 30.3 Å². The Labute approximate surface area is 152 Å². The molecule has 0 atom stereocenters. The van der Waals surface area contributed by atoms with Gasteiger partial charge in [-0.2, -0.15) is 0 Å². The lowest BCUT2D eigenvalue weighted by Crippen LogP contribution is -2.27. The van der Waals surface area contributed by atoms with Crippen LogP contribution in [-0.4, -0.2) is 30.7 Å². The maximum absolute atomic E-state index is 12.4. The number of carbonyl (C=O) groups excluding carboxylic acids is 1. The van der Waals surface area contributed by atoms with Crippen molar-refractivity contribution in [3.05, 3.63) is 72.3 Å². The molecular weight excluding hydrogens is 330 g/mol. The van der Waals surface area contributed by atoms with Crippen molar-refractivity contribution in [3.8, 4) is 5.75 Å². The number of thioether (sulfide) groups is 1. The van der Waals surface area contributed by atoms with Gasteiger partial charge in [-0.3, -0.25) is 4.79 Å². The quantitative estimate of drug-likeness (QED) is 0.608. The third kappa shape index (κ3) is 4.54. The number of nitrogens with zero attached hydrogens (tertiary/aromatic N) is 1. The van der Waals surface area contributed by atoms with E-state index in [1.165, 1.54) is 10.8 Å². The molecule has 0 heterocycles. The first-order chi connectivity index (χ1) is 12.2. The van der Waals surface area contributed by atoms with Crippen LogP contribution in [0.3, 0.4) is 0 Å². The fraction of sp³-hybridized carbons (Fsp3) is 0.190. The van der Waals surface area contributed by atoms with Crippen LogP contribution in [0.4, 0.5) is 0 Å². The third-order valence-corrected chi connectivity index (χ3v) is 5.04. The van der Waals surface area contributed by atoms with Crippen molar-refractivity contribution in [3.63, 3.8) is 0 Å². The summed E-state index contributed by atoms with van der Waals surface area (Å²) < 4.78 is 5.23. The molecule has 0 saturated carbocycles. The molecule has 0 bridgehead atoms.